The zero-order valence-corrected chi connectivity index (χ0v) is 11.3. The highest BCUT2D eigenvalue weighted by Crippen LogP contribution is 2.25. The Bertz CT molecular complexity index is 351. The average molecular weight is 254 g/mol. The van der Waals surface area contributed by atoms with Crippen LogP contribution in [0.3, 0.4) is 0 Å². The molecule has 2 atom stereocenters. The molecule has 0 heterocycles. The molecular weight excluding hydrogens is 231 g/mol. The fourth-order valence-corrected chi connectivity index (χ4v) is 2.29. The lowest BCUT2D eigenvalue weighted by molar-refractivity contribution is 0.105. The van der Waals surface area contributed by atoms with Gasteiger partial charge in [-0.15, -0.1) is 0 Å². The molecule has 1 aromatic carbocycles. The van der Waals surface area contributed by atoms with E-state index in [-0.39, 0.29) is 30.5 Å². The minimum Gasteiger partial charge on any atom is -0.395 e. The van der Waals surface area contributed by atoms with Crippen LogP contribution >= 0.6 is 0 Å². The molecule has 3 N–H and O–H groups in total. The molecule has 0 fully saturated rings. The molecule has 0 radical (unpaired) electrons. The summed E-state index contributed by atoms with van der Waals surface area (Å²) in [6.07, 6.45) is 0. The Kier molecular flexibility index (Phi) is 5.72. The molecule has 3 nitrogen and oxygen atoms in total. The molecule has 0 spiro atoms. The third-order valence-corrected chi connectivity index (χ3v) is 3.09. The van der Waals surface area contributed by atoms with Gasteiger partial charge in [0.05, 0.1) is 6.61 Å². The van der Waals surface area contributed by atoms with Crippen LogP contribution in [0.2, 0.25) is 0 Å². The van der Waals surface area contributed by atoms with E-state index in [0.29, 0.717) is 6.54 Å². The maximum Gasteiger partial charge on any atom is 0.123 e. The van der Waals surface area contributed by atoms with Crippen molar-refractivity contribution >= 4 is 0 Å². The normalized spacial score (nSPS) is 15.1. The van der Waals surface area contributed by atoms with Crippen LogP contribution < -0.4 is 5.73 Å². The fourth-order valence-electron chi connectivity index (χ4n) is 2.29. The lowest BCUT2D eigenvalue weighted by Gasteiger charge is -2.37. The zero-order valence-electron chi connectivity index (χ0n) is 11.3. The molecule has 1 aromatic rings. The molecule has 4 heteroatoms. The zero-order chi connectivity index (χ0) is 13.7. The molecule has 2 unspecified atom stereocenters. The Hall–Kier alpha value is -0.970. The van der Waals surface area contributed by atoms with Crippen molar-refractivity contribution in [3.8, 4) is 0 Å². The highest BCUT2D eigenvalue weighted by Gasteiger charge is 2.25. The van der Waals surface area contributed by atoms with Gasteiger partial charge in [0.2, 0.25) is 0 Å². The fraction of sp³-hybridized carbons (Fsp3) is 0.571. The molecule has 0 aliphatic rings. The predicted molar refractivity (Wildman–Crippen MR) is 71.7 cm³/mol. The Morgan fingerprint density at radius 1 is 1.22 bits per heavy atom. The summed E-state index contributed by atoms with van der Waals surface area (Å²) >= 11 is 0. The van der Waals surface area contributed by atoms with E-state index >= 15 is 0 Å². The van der Waals surface area contributed by atoms with E-state index in [4.69, 9.17) is 10.8 Å². The molecule has 1 rings (SSSR count). The van der Waals surface area contributed by atoms with E-state index in [1.165, 1.54) is 12.1 Å². The summed E-state index contributed by atoms with van der Waals surface area (Å²) in [6, 6.07) is 6.57. The van der Waals surface area contributed by atoms with E-state index < -0.39 is 0 Å². The number of hydrogen-bond donors (Lipinski definition) is 2. The molecule has 102 valence electrons. The second kappa shape index (κ2) is 6.83. The smallest absolute Gasteiger partial charge is 0.123 e. The van der Waals surface area contributed by atoms with Gasteiger partial charge < -0.3 is 10.8 Å². The van der Waals surface area contributed by atoms with Crippen LogP contribution in [-0.2, 0) is 0 Å². The average Bonchev–Trinajstić information content (AvgIpc) is 2.30. The standard InChI is InChI=1S/C14H23FN2O/c1-10(2)17(8-9-18)14(11(3)16)12-4-6-13(15)7-5-12/h4-7,10-11,14,18H,8-9,16H2,1-3H3. The third kappa shape index (κ3) is 3.77. The second-order valence-electron chi connectivity index (χ2n) is 4.91. The van der Waals surface area contributed by atoms with Gasteiger partial charge in [-0.25, -0.2) is 4.39 Å². The molecule has 0 amide bonds. The van der Waals surface area contributed by atoms with E-state index in [1.54, 1.807) is 12.1 Å². The summed E-state index contributed by atoms with van der Waals surface area (Å²) < 4.78 is 13.0. The third-order valence-electron chi connectivity index (χ3n) is 3.09. The van der Waals surface area contributed by atoms with Gasteiger partial charge in [-0.1, -0.05) is 12.1 Å². The minimum atomic E-state index is -0.250. The largest absolute Gasteiger partial charge is 0.395 e. The van der Waals surface area contributed by atoms with Crippen molar-refractivity contribution in [2.24, 2.45) is 5.73 Å². The van der Waals surface area contributed by atoms with Crippen molar-refractivity contribution in [1.82, 2.24) is 4.90 Å². The lowest BCUT2D eigenvalue weighted by atomic mass is 9.98. The number of aliphatic hydroxyl groups excluding tert-OH is 1. The summed E-state index contributed by atoms with van der Waals surface area (Å²) in [6.45, 7) is 6.70. The molecule has 0 bridgehead atoms. The van der Waals surface area contributed by atoms with Crippen molar-refractivity contribution in [2.45, 2.75) is 38.9 Å². The van der Waals surface area contributed by atoms with E-state index in [2.05, 4.69) is 18.7 Å². The number of nitrogens with two attached hydrogens (primary N) is 1. The van der Waals surface area contributed by atoms with E-state index in [9.17, 15) is 4.39 Å². The van der Waals surface area contributed by atoms with Crippen molar-refractivity contribution in [1.29, 1.82) is 0 Å². The summed E-state index contributed by atoms with van der Waals surface area (Å²) in [5.41, 5.74) is 7.04. The minimum absolute atomic E-state index is 0.0160. The van der Waals surface area contributed by atoms with Gasteiger partial charge in [-0.05, 0) is 38.5 Å². The van der Waals surface area contributed by atoms with Gasteiger partial charge in [0.1, 0.15) is 5.82 Å². The van der Waals surface area contributed by atoms with Gasteiger partial charge in [-0.2, -0.15) is 0 Å². The lowest BCUT2D eigenvalue weighted by Crippen LogP contribution is -2.44. The quantitative estimate of drug-likeness (QED) is 0.815. The van der Waals surface area contributed by atoms with E-state index in [1.807, 2.05) is 6.92 Å². The number of halogens is 1. The summed E-state index contributed by atoms with van der Waals surface area (Å²) in [5, 5.41) is 9.16. The number of benzene rings is 1. The van der Waals surface area contributed by atoms with Crippen LogP contribution in [0.4, 0.5) is 4.39 Å². The van der Waals surface area contributed by atoms with Gasteiger partial charge in [0.15, 0.2) is 0 Å². The number of aliphatic hydroxyl groups is 1. The monoisotopic (exact) mass is 254 g/mol. The highest BCUT2D eigenvalue weighted by atomic mass is 19.1. The van der Waals surface area contributed by atoms with Crippen LogP contribution in [0.1, 0.15) is 32.4 Å². The molecular formula is C14H23FN2O. The van der Waals surface area contributed by atoms with Crippen molar-refractivity contribution in [3.05, 3.63) is 35.6 Å². The van der Waals surface area contributed by atoms with Gasteiger partial charge >= 0.3 is 0 Å². The first-order chi connectivity index (χ1) is 8.47. The summed E-state index contributed by atoms with van der Waals surface area (Å²) in [5.74, 6) is -0.250. The highest BCUT2D eigenvalue weighted by molar-refractivity contribution is 5.21. The van der Waals surface area contributed by atoms with Crippen molar-refractivity contribution < 1.29 is 9.50 Å². The number of nitrogens with zero attached hydrogens (tertiary/aromatic N) is 1. The molecule has 0 aliphatic heterocycles. The maximum absolute atomic E-state index is 13.0. The van der Waals surface area contributed by atoms with Gasteiger partial charge in [-0.3, -0.25) is 4.90 Å². The first-order valence-electron chi connectivity index (χ1n) is 6.35. The number of rotatable bonds is 6. The van der Waals surface area contributed by atoms with Crippen LogP contribution in [0, 0.1) is 5.82 Å². The summed E-state index contributed by atoms with van der Waals surface area (Å²) in [7, 11) is 0. The van der Waals surface area contributed by atoms with E-state index in [0.717, 1.165) is 5.56 Å². The Morgan fingerprint density at radius 3 is 2.17 bits per heavy atom. The first-order valence-corrected chi connectivity index (χ1v) is 6.35. The second-order valence-corrected chi connectivity index (χ2v) is 4.91. The van der Waals surface area contributed by atoms with Crippen LogP contribution in [-0.4, -0.2) is 35.2 Å². The molecule has 0 saturated carbocycles. The molecule has 0 saturated heterocycles. The van der Waals surface area contributed by atoms with Gasteiger partial charge in [0.25, 0.3) is 0 Å². The summed E-state index contributed by atoms with van der Waals surface area (Å²) in [4.78, 5) is 2.14. The predicted octanol–water partition coefficient (Wildman–Crippen LogP) is 1.92. The topological polar surface area (TPSA) is 49.5 Å². The van der Waals surface area contributed by atoms with Crippen LogP contribution in [0.15, 0.2) is 24.3 Å². The van der Waals surface area contributed by atoms with Crippen molar-refractivity contribution in [3.63, 3.8) is 0 Å². The van der Waals surface area contributed by atoms with Crippen LogP contribution in [0.5, 0.6) is 0 Å². The Morgan fingerprint density at radius 2 is 1.78 bits per heavy atom. The maximum atomic E-state index is 13.0. The molecule has 0 aliphatic carbocycles. The molecule has 18 heavy (non-hydrogen) atoms. The first kappa shape index (κ1) is 15.1. The van der Waals surface area contributed by atoms with Gasteiger partial charge in [0, 0.05) is 24.7 Å². The van der Waals surface area contributed by atoms with Crippen molar-refractivity contribution in [2.75, 3.05) is 13.2 Å². The number of hydrogen-bond acceptors (Lipinski definition) is 3. The Balaban J connectivity index is 3.03. The SMILES string of the molecule is CC(N)C(c1ccc(F)cc1)N(CCO)C(C)C. The van der Waals surface area contributed by atoms with Crippen LogP contribution in [0.25, 0.3) is 0 Å². The Labute approximate surface area is 108 Å². The molecule has 0 aromatic heterocycles.